The molecule has 0 amide bonds. The molecule has 6 rings (SSSR count). The summed E-state index contributed by atoms with van der Waals surface area (Å²) in [4.78, 5) is 21.7. The molecule has 1 aliphatic carbocycles. The number of aliphatic hydroxyl groups is 1. The SMILES string of the molecule is CC(C)(C)[S@+]([O-])N[C@@H]1c2ccccc2CC12CCN(c1cnc3nc(Sc4ccnc(NCCO)c4Cl)ccc3n1)CC2. The third-order valence-electron chi connectivity index (χ3n) is 8.22. The summed E-state index contributed by atoms with van der Waals surface area (Å²) in [5.41, 5.74) is 3.97. The van der Waals surface area contributed by atoms with Crippen LogP contribution in [-0.2, 0) is 17.8 Å². The number of hydrogen-bond acceptors (Lipinski definition) is 10. The smallest absolute Gasteiger partial charge is 0.179 e. The van der Waals surface area contributed by atoms with Crippen molar-refractivity contribution in [3.8, 4) is 0 Å². The van der Waals surface area contributed by atoms with Crippen molar-refractivity contribution >= 4 is 57.5 Å². The minimum Gasteiger partial charge on any atom is -0.598 e. The van der Waals surface area contributed by atoms with Gasteiger partial charge < -0.3 is 19.9 Å². The first-order chi connectivity index (χ1) is 20.7. The molecule has 4 aromatic rings. The summed E-state index contributed by atoms with van der Waals surface area (Å²) >= 11 is 6.81. The van der Waals surface area contributed by atoms with Crippen LogP contribution in [0.25, 0.3) is 11.2 Å². The minimum atomic E-state index is -1.16. The largest absolute Gasteiger partial charge is 0.598 e. The predicted octanol–water partition coefficient (Wildman–Crippen LogP) is 5.56. The number of pyridine rings is 2. The van der Waals surface area contributed by atoms with Gasteiger partial charge in [0.15, 0.2) is 5.65 Å². The Morgan fingerprint density at radius 1 is 1.12 bits per heavy atom. The van der Waals surface area contributed by atoms with Crippen LogP contribution in [0.3, 0.4) is 0 Å². The highest BCUT2D eigenvalue weighted by molar-refractivity contribution is 7.99. The van der Waals surface area contributed by atoms with Gasteiger partial charge in [-0.2, -0.15) is 0 Å². The van der Waals surface area contributed by atoms with Gasteiger partial charge in [-0.15, -0.1) is 4.72 Å². The number of fused-ring (bicyclic) bond motifs is 2. The van der Waals surface area contributed by atoms with Crippen LogP contribution in [0, 0.1) is 5.41 Å². The Labute approximate surface area is 264 Å². The Bertz CT molecular complexity index is 1610. The van der Waals surface area contributed by atoms with Gasteiger partial charge >= 0.3 is 0 Å². The molecule has 0 radical (unpaired) electrons. The number of hydrogen-bond donors (Lipinski definition) is 3. The molecular weight excluding hydrogens is 602 g/mol. The first-order valence-electron chi connectivity index (χ1n) is 14.5. The molecule has 2 aliphatic rings. The van der Waals surface area contributed by atoms with Crippen molar-refractivity contribution in [2.45, 2.75) is 60.7 Å². The van der Waals surface area contributed by atoms with E-state index in [0.29, 0.717) is 23.0 Å². The summed E-state index contributed by atoms with van der Waals surface area (Å²) in [6.07, 6.45) is 6.42. The molecule has 12 heteroatoms. The number of benzene rings is 1. The number of nitrogens with one attached hydrogen (secondary N) is 2. The van der Waals surface area contributed by atoms with Gasteiger partial charge in [-0.3, -0.25) is 0 Å². The second-order valence-corrected chi connectivity index (χ2v) is 15.5. The molecule has 0 unspecified atom stereocenters. The lowest BCUT2D eigenvalue weighted by Crippen LogP contribution is -2.49. The van der Waals surface area contributed by atoms with Gasteiger partial charge in [0, 0.05) is 47.5 Å². The van der Waals surface area contributed by atoms with E-state index in [4.69, 9.17) is 26.7 Å². The summed E-state index contributed by atoms with van der Waals surface area (Å²) in [5, 5.41) is 13.4. The zero-order valence-electron chi connectivity index (χ0n) is 24.5. The average Bonchev–Trinajstić information content (AvgIpc) is 3.29. The van der Waals surface area contributed by atoms with Crippen molar-refractivity contribution in [1.82, 2.24) is 24.7 Å². The maximum absolute atomic E-state index is 13.2. The van der Waals surface area contributed by atoms with Crippen molar-refractivity contribution in [2.75, 3.05) is 36.5 Å². The van der Waals surface area contributed by atoms with Crippen molar-refractivity contribution in [3.63, 3.8) is 0 Å². The maximum atomic E-state index is 13.2. The molecule has 3 N–H and O–H groups in total. The average molecular weight is 638 g/mol. The fourth-order valence-electron chi connectivity index (χ4n) is 5.91. The first kappa shape index (κ1) is 30.4. The van der Waals surface area contributed by atoms with E-state index < -0.39 is 11.4 Å². The quantitative estimate of drug-likeness (QED) is 0.212. The van der Waals surface area contributed by atoms with Gasteiger partial charge in [-0.25, -0.2) is 19.9 Å². The number of halogens is 1. The van der Waals surface area contributed by atoms with Crippen LogP contribution in [0.1, 0.15) is 50.8 Å². The molecule has 1 fully saturated rings. The highest BCUT2D eigenvalue weighted by Gasteiger charge is 2.50. The molecule has 2 atom stereocenters. The van der Waals surface area contributed by atoms with Crippen LogP contribution < -0.4 is 14.9 Å². The molecular formula is C31H36ClN7O2S2. The number of aromatic nitrogens is 4. The number of piperidine rings is 1. The third kappa shape index (κ3) is 6.29. The monoisotopic (exact) mass is 637 g/mol. The Morgan fingerprint density at radius 3 is 2.67 bits per heavy atom. The summed E-state index contributed by atoms with van der Waals surface area (Å²) < 4.78 is 16.4. The van der Waals surface area contributed by atoms with E-state index in [1.54, 1.807) is 6.20 Å². The van der Waals surface area contributed by atoms with Crippen LogP contribution in [0.4, 0.5) is 11.6 Å². The summed E-state index contributed by atoms with van der Waals surface area (Å²) in [6, 6.07) is 14.4. The van der Waals surface area contributed by atoms with Crippen LogP contribution in [0.15, 0.2) is 64.8 Å². The number of nitrogens with zero attached hydrogens (tertiary/aromatic N) is 5. The minimum absolute atomic E-state index is 0.00780. The number of rotatable bonds is 8. The van der Waals surface area contributed by atoms with E-state index in [0.717, 1.165) is 53.6 Å². The highest BCUT2D eigenvalue weighted by atomic mass is 35.5. The molecule has 1 aliphatic heterocycles. The van der Waals surface area contributed by atoms with Gasteiger partial charge in [0.05, 0.1) is 23.9 Å². The normalized spacial score (nSPS) is 18.7. The lowest BCUT2D eigenvalue weighted by Gasteiger charge is -2.44. The Balaban J connectivity index is 1.17. The van der Waals surface area contributed by atoms with E-state index >= 15 is 0 Å². The highest BCUT2D eigenvalue weighted by Crippen LogP contribution is 2.52. The number of anilines is 2. The fraction of sp³-hybridized carbons (Fsp3) is 0.419. The van der Waals surface area contributed by atoms with Crippen LogP contribution in [0.2, 0.25) is 5.02 Å². The molecule has 1 spiro atoms. The van der Waals surface area contributed by atoms with Crippen LogP contribution >= 0.6 is 23.4 Å². The van der Waals surface area contributed by atoms with Crippen molar-refractivity contribution in [3.05, 3.63) is 71.0 Å². The zero-order chi connectivity index (χ0) is 30.2. The lowest BCUT2D eigenvalue weighted by molar-refractivity contribution is 0.176. The lowest BCUT2D eigenvalue weighted by atomic mass is 9.73. The third-order valence-corrected chi connectivity index (χ3v) is 11.3. The van der Waals surface area contributed by atoms with Gasteiger partial charge in [0.25, 0.3) is 0 Å². The van der Waals surface area contributed by atoms with E-state index in [2.05, 4.69) is 49.2 Å². The van der Waals surface area contributed by atoms with E-state index in [1.807, 2.05) is 45.2 Å². The Hall–Kier alpha value is -2.67. The van der Waals surface area contributed by atoms with Gasteiger partial charge in [-0.05, 0) is 69.4 Å². The van der Waals surface area contributed by atoms with Gasteiger partial charge in [0.1, 0.15) is 26.9 Å². The molecule has 4 heterocycles. The topological polar surface area (TPSA) is 122 Å². The summed E-state index contributed by atoms with van der Waals surface area (Å²) in [7, 11) is 0. The molecule has 43 heavy (non-hydrogen) atoms. The first-order valence-corrected chi connectivity index (χ1v) is 16.8. The van der Waals surface area contributed by atoms with Gasteiger partial charge in [-0.1, -0.05) is 47.6 Å². The van der Waals surface area contributed by atoms with E-state index in [-0.39, 0.29) is 22.8 Å². The standard InChI is InChI=1S/C31H36ClN7O2S2/c1-30(2,3)43(41)38-27-21-7-5-4-6-20(21)18-31(27)11-15-39(16-12-31)24-19-35-28-22(36-24)8-9-25(37-28)42-23-10-13-33-29(26(23)32)34-14-17-40/h4-10,13,19,27,38,40H,11-12,14-18H2,1-3H3,(H,33,34)/t27-,43+/m1/s1. The second-order valence-electron chi connectivity index (χ2n) is 12.1. The molecule has 226 valence electrons. The maximum Gasteiger partial charge on any atom is 0.179 e. The Morgan fingerprint density at radius 2 is 1.91 bits per heavy atom. The van der Waals surface area contributed by atoms with Crippen molar-refractivity contribution in [2.24, 2.45) is 5.41 Å². The molecule has 9 nitrogen and oxygen atoms in total. The van der Waals surface area contributed by atoms with Crippen LogP contribution in [0.5, 0.6) is 0 Å². The number of aliphatic hydroxyl groups excluding tert-OH is 1. The zero-order valence-corrected chi connectivity index (χ0v) is 26.9. The summed E-state index contributed by atoms with van der Waals surface area (Å²) in [6.45, 7) is 8.11. The molecule has 1 saturated heterocycles. The Kier molecular flexibility index (Phi) is 8.74. The van der Waals surface area contributed by atoms with E-state index in [1.165, 1.54) is 22.9 Å². The molecule has 0 saturated carbocycles. The molecule has 1 aromatic carbocycles. The van der Waals surface area contributed by atoms with Crippen molar-refractivity contribution < 1.29 is 9.66 Å². The van der Waals surface area contributed by atoms with E-state index in [9.17, 15) is 4.55 Å². The molecule has 0 bridgehead atoms. The van der Waals surface area contributed by atoms with Crippen molar-refractivity contribution in [1.29, 1.82) is 0 Å². The second kappa shape index (κ2) is 12.4. The van der Waals surface area contributed by atoms with Crippen LogP contribution in [-0.4, -0.2) is 60.6 Å². The predicted molar refractivity (Wildman–Crippen MR) is 174 cm³/mol. The fourth-order valence-corrected chi connectivity index (χ4v) is 7.96. The van der Waals surface area contributed by atoms with Gasteiger partial charge in [0.2, 0.25) is 0 Å². The summed E-state index contributed by atoms with van der Waals surface area (Å²) in [5.74, 6) is 1.37. The molecule has 3 aromatic heterocycles.